The normalized spacial score (nSPS) is 12.1. The first kappa shape index (κ1) is 11.3. The van der Waals surface area contributed by atoms with Crippen molar-refractivity contribution < 1.29 is 0 Å². The number of anilines is 1. The van der Waals surface area contributed by atoms with Crippen molar-refractivity contribution in [3.8, 4) is 0 Å². The SMILES string of the molecule is C[C@H](Nc1ncc(I)cn1)c1ccccc1. The smallest absolute Gasteiger partial charge is 0.223 e. The van der Waals surface area contributed by atoms with E-state index in [1.54, 1.807) is 12.4 Å². The minimum absolute atomic E-state index is 0.210. The van der Waals surface area contributed by atoms with E-state index in [1.165, 1.54) is 5.56 Å². The van der Waals surface area contributed by atoms with E-state index in [-0.39, 0.29) is 6.04 Å². The molecule has 0 aliphatic carbocycles. The fraction of sp³-hybridized carbons (Fsp3) is 0.167. The van der Waals surface area contributed by atoms with Gasteiger partial charge in [0.2, 0.25) is 5.95 Å². The number of nitrogens with one attached hydrogen (secondary N) is 1. The zero-order valence-corrected chi connectivity index (χ0v) is 11.0. The average molecular weight is 325 g/mol. The molecule has 0 spiro atoms. The Morgan fingerprint density at radius 2 is 1.75 bits per heavy atom. The zero-order valence-electron chi connectivity index (χ0n) is 8.89. The highest BCUT2D eigenvalue weighted by molar-refractivity contribution is 14.1. The largest absolute Gasteiger partial charge is 0.348 e. The minimum atomic E-state index is 0.210. The van der Waals surface area contributed by atoms with Crippen molar-refractivity contribution in [3.63, 3.8) is 0 Å². The summed E-state index contributed by atoms with van der Waals surface area (Å²) in [5, 5.41) is 3.26. The van der Waals surface area contributed by atoms with Gasteiger partial charge in [-0.15, -0.1) is 0 Å². The standard InChI is InChI=1S/C12H12IN3/c1-9(10-5-3-2-4-6-10)16-12-14-7-11(13)8-15-12/h2-9H,1H3,(H,14,15,16)/t9-/m0/s1. The Morgan fingerprint density at radius 1 is 1.12 bits per heavy atom. The molecule has 82 valence electrons. The third-order valence-electron chi connectivity index (χ3n) is 2.27. The van der Waals surface area contributed by atoms with Crippen molar-refractivity contribution in [2.24, 2.45) is 0 Å². The molecule has 2 aromatic rings. The van der Waals surface area contributed by atoms with E-state index in [0.29, 0.717) is 5.95 Å². The van der Waals surface area contributed by atoms with Gasteiger partial charge in [0, 0.05) is 16.0 Å². The summed E-state index contributed by atoms with van der Waals surface area (Å²) in [7, 11) is 0. The maximum atomic E-state index is 4.21. The van der Waals surface area contributed by atoms with Crippen molar-refractivity contribution in [3.05, 3.63) is 51.9 Å². The summed E-state index contributed by atoms with van der Waals surface area (Å²) in [5.74, 6) is 0.664. The Bertz CT molecular complexity index is 442. The minimum Gasteiger partial charge on any atom is -0.348 e. The molecule has 1 aromatic heterocycles. The third-order valence-corrected chi connectivity index (χ3v) is 2.82. The molecule has 0 saturated carbocycles. The number of hydrogen-bond acceptors (Lipinski definition) is 3. The summed E-state index contributed by atoms with van der Waals surface area (Å²) in [5.41, 5.74) is 1.23. The molecule has 0 unspecified atom stereocenters. The molecule has 1 atom stereocenters. The van der Waals surface area contributed by atoms with Crippen molar-refractivity contribution >= 4 is 28.5 Å². The number of nitrogens with zero attached hydrogens (tertiary/aromatic N) is 2. The second kappa shape index (κ2) is 5.25. The van der Waals surface area contributed by atoms with Gasteiger partial charge >= 0.3 is 0 Å². The molecule has 2 rings (SSSR count). The van der Waals surface area contributed by atoms with Gasteiger partial charge in [-0.3, -0.25) is 0 Å². The second-order valence-electron chi connectivity index (χ2n) is 3.50. The lowest BCUT2D eigenvalue weighted by Gasteiger charge is -2.13. The van der Waals surface area contributed by atoms with Crippen molar-refractivity contribution in [2.45, 2.75) is 13.0 Å². The van der Waals surface area contributed by atoms with Crippen LogP contribution in [-0.4, -0.2) is 9.97 Å². The van der Waals surface area contributed by atoms with Gasteiger partial charge in [-0.1, -0.05) is 30.3 Å². The Hall–Kier alpha value is -1.17. The van der Waals surface area contributed by atoms with Gasteiger partial charge in [0.15, 0.2) is 0 Å². The Morgan fingerprint density at radius 3 is 2.38 bits per heavy atom. The van der Waals surface area contributed by atoms with Gasteiger partial charge in [-0.05, 0) is 35.1 Å². The summed E-state index contributed by atoms with van der Waals surface area (Å²) in [6.45, 7) is 2.09. The van der Waals surface area contributed by atoms with E-state index in [9.17, 15) is 0 Å². The van der Waals surface area contributed by atoms with Crippen LogP contribution < -0.4 is 5.32 Å². The molecule has 0 aliphatic rings. The van der Waals surface area contributed by atoms with Crippen LogP contribution in [0.25, 0.3) is 0 Å². The van der Waals surface area contributed by atoms with Crippen molar-refractivity contribution in [2.75, 3.05) is 5.32 Å². The number of aromatic nitrogens is 2. The lowest BCUT2D eigenvalue weighted by molar-refractivity contribution is 0.859. The summed E-state index contributed by atoms with van der Waals surface area (Å²) >= 11 is 2.19. The zero-order chi connectivity index (χ0) is 11.4. The lowest BCUT2D eigenvalue weighted by atomic mass is 10.1. The molecular weight excluding hydrogens is 313 g/mol. The highest BCUT2D eigenvalue weighted by Gasteiger charge is 2.05. The monoisotopic (exact) mass is 325 g/mol. The van der Waals surface area contributed by atoms with Crippen LogP contribution in [0.3, 0.4) is 0 Å². The first-order valence-electron chi connectivity index (χ1n) is 5.05. The van der Waals surface area contributed by atoms with Crippen molar-refractivity contribution in [1.29, 1.82) is 0 Å². The van der Waals surface area contributed by atoms with E-state index < -0.39 is 0 Å². The molecule has 0 radical (unpaired) electrons. The van der Waals surface area contributed by atoms with Crippen LogP contribution in [-0.2, 0) is 0 Å². The Balaban J connectivity index is 2.08. The van der Waals surface area contributed by atoms with Crippen LogP contribution in [0, 0.1) is 3.57 Å². The number of rotatable bonds is 3. The molecule has 16 heavy (non-hydrogen) atoms. The number of halogens is 1. The van der Waals surface area contributed by atoms with Crippen LogP contribution in [0.2, 0.25) is 0 Å². The Kier molecular flexibility index (Phi) is 3.71. The molecular formula is C12H12IN3. The molecule has 1 heterocycles. The second-order valence-corrected chi connectivity index (χ2v) is 4.75. The first-order valence-corrected chi connectivity index (χ1v) is 6.12. The molecule has 4 heteroatoms. The van der Waals surface area contributed by atoms with Gasteiger partial charge in [-0.2, -0.15) is 0 Å². The fourth-order valence-corrected chi connectivity index (χ4v) is 1.68. The van der Waals surface area contributed by atoms with Crippen LogP contribution in [0.15, 0.2) is 42.7 Å². The van der Waals surface area contributed by atoms with Crippen molar-refractivity contribution in [1.82, 2.24) is 9.97 Å². The molecule has 0 fully saturated rings. The van der Waals surface area contributed by atoms with E-state index in [1.807, 2.05) is 18.2 Å². The highest BCUT2D eigenvalue weighted by atomic mass is 127. The van der Waals surface area contributed by atoms with Gasteiger partial charge in [0.25, 0.3) is 0 Å². The molecule has 0 amide bonds. The predicted molar refractivity (Wildman–Crippen MR) is 73.2 cm³/mol. The van der Waals surface area contributed by atoms with E-state index >= 15 is 0 Å². The number of benzene rings is 1. The van der Waals surface area contributed by atoms with Crippen LogP contribution in [0.4, 0.5) is 5.95 Å². The highest BCUT2D eigenvalue weighted by Crippen LogP contribution is 2.15. The average Bonchev–Trinajstić information content (AvgIpc) is 2.33. The lowest BCUT2D eigenvalue weighted by Crippen LogP contribution is -2.09. The fourth-order valence-electron chi connectivity index (χ4n) is 1.41. The third kappa shape index (κ3) is 2.91. The first-order chi connectivity index (χ1) is 7.75. The van der Waals surface area contributed by atoms with Gasteiger partial charge in [0.1, 0.15) is 0 Å². The quantitative estimate of drug-likeness (QED) is 0.881. The summed E-state index contributed by atoms with van der Waals surface area (Å²) in [6.07, 6.45) is 3.60. The maximum Gasteiger partial charge on any atom is 0.223 e. The molecule has 1 N–H and O–H groups in total. The van der Waals surface area contributed by atoms with Crippen LogP contribution in [0.5, 0.6) is 0 Å². The topological polar surface area (TPSA) is 37.8 Å². The van der Waals surface area contributed by atoms with E-state index in [0.717, 1.165) is 3.57 Å². The molecule has 0 aliphatic heterocycles. The summed E-state index contributed by atoms with van der Waals surface area (Å²) in [6, 6.07) is 10.5. The molecule has 3 nitrogen and oxygen atoms in total. The maximum absolute atomic E-state index is 4.21. The molecule has 0 bridgehead atoms. The summed E-state index contributed by atoms with van der Waals surface area (Å²) < 4.78 is 1.04. The van der Waals surface area contributed by atoms with Gasteiger partial charge < -0.3 is 5.32 Å². The summed E-state index contributed by atoms with van der Waals surface area (Å²) in [4.78, 5) is 8.43. The molecule has 0 saturated heterocycles. The van der Waals surface area contributed by atoms with E-state index in [4.69, 9.17) is 0 Å². The number of hydrogen-bond donors (Lipinski definition) is 1. The molecule has 1 aromatic carbocycles. The van der Waals surface area contributed by atoms with Gasteiger partial charge in [-0.25, -0.2) is 9.97 Å². The van der Waals surface area contributed by atoms with E-state index in [2.05, 4.69) is 56.9 Å². The van der Waals surface area contributed by atoms with Gasteiger partial charge in [0.05, 0.1) is 6.04 Å². The predicted octanol–water partition coefficient (Wildman–Crippen LogP) is 3.25. The van der Waals surface area contributed by atoms with Crippen LogP contribution in [0.1, 0.15) is 18.5 Å². The Labute approximate surface area is 108 Å². The van der Waals surface area contributed by atoms with Crippen LogP contribution >= 0.6 is 22.6 Å².